The predicted octanol–water partition coefficient (Wildman–Crippen LogP) is 9.52. The Morgan fingerprint density at radius 3 is 1.33 bits per heavy atom. The van der Waals surface area contributed by atoms with E-state index in [1.807, 2.05) is 53.4 Å². The smallest absolute Gasteiger partial charge is 0.445 e. The van der Waals surface area contributed by atoms with E-state index in [2.05, 4.69) is 27.5 Å². The molecule has 0 radical (unpaired) electrons. The van der Waals surface area contributed by atoms with Crippen molar-refractivity contribution in [3.05, 3.63) is 103 Å². The number of rotatable bonds is 20. The lowest BCUT2D eigenvalue weighted by Crippen LogP contribution is -2.49. The number of sulfonamides is 2. The van der Waals surface area contributed by atoms with Gasteiger partial charge in [0.15, 0.2) is 0 Å². The number of carbonyl (C=O) groups is 2. The Labute approximate surface area is 549 Å². The summed E-state index contributed by atoms with van der Waals surface area (Å²) in [5, 5.41) is 12.5. The summed E-state index contributed by atoms with van der Waals surface area (Å²) >= 11 is 36.8. The maximum atomic E-state index is 13.6. The number of nitrogens with one attached hydrogen (secondary N) is 1. The number of hydrogen-bond acceptors (Lipinski definition) is 18. The van der Waals surface area contributed by atoms with Crippen molar-refractivity contribution in [2.24, 2.45) is 16.0 Å². The minimum atomic E-state index is -5.98. The molecule has 2 aliphatic rings. The van der Waals surface area contributed by atoms with Crippen LogP contribution in [0.2, 0.25) is 0 Å². The van der Waals surface area contributed by atoms with Crippen LogP contribution in [0.25, 0.3) is 0 Å². The molecule has 2 aliphatic heterocycles. The van der Waals surface area contributed by atoms with E-state index in [1.165, 1.54) is 21.6 Å². The molecule has 0 spiro atoms. The normalized spacial score (nSPS) is 15.7. The van der Waals surface area contributed by atoms with Gasteiger partial charge in [-0.2, -0.15) is 26.3 Å². The fourth-order valence-corrected chi connectivity index (χ4v) is 12.8. The number of nitrogens with two attached hydrogens (primary N) is 3. The van der Waals surface area contributed by atoms with Crippen LogP contribution >= 0.6 is 106 Å². The Morgan fingerprint density at radius 2 is 0.932 bits per heavy atom. The van der Waals surface area contributed by atoms with Crippen molar-refractivity contribution in [1.29, 1.82) is 0 Å². The highest BCUT2D eigenvalue weighted by molar-refractivity contribution is 7.99. The maximum absolute atomic E-state index is 13.6. The van der Waals surface area contributed by atoms with E-state index in [9.17, 15) is 74.0 Å². The third-order valence-electron chi connectivity index (χ3n) is 12.1. The zero-order valence-corrected chi connectivity index (χ0v) is 55.6. The molecule has 2 heterocycles. The number of amides is 2. The van der Waals surface area contributed by atoms with Gasteiger partial charge >= 0.3 is 23.2 Å². The summed E-state index contributed by atoms with van der Waals surface area (Å²) in [7, 11) is -20.9. The molecule has 0 bridgehead atoms. The van der Waals surface area contributed by atoms with Crippen LogP contribution in [-0.2, 0) is 49.2 Å². The number of anilines is 1. The van der Waals surface area contributed by atoms with Gasteiger partial charge in [0.1, 0.15) is 28.8 Å². The van der Waals surface area contributed by atoms with Gasteiger partial charge in [0, 0.05) is 92.3 Å². The highest BCUT2D eigenvalue weighted by Gasteiger charge is 2.49. The molecule has 7 N–H and O–H groups in total. The molecule has 0 aliphatic carbocycles. The van der Waals surface area contributed by atoms with Crippen molar-refractivity contribution >= 4 is 163 Å². The zero-order valence-electron chi connectivity index (χ0n) is 45.4. The molecule has 0 unspecified atom stereocenters. The lowest BCUT2D eigenvalue weighted by atomic mass is 10.2. The lowest BCUT2D eigenvalue weighted by Gasteiger charge is -2.35. The van der Waals surface area contributed by atoms with Gasteiger partial charge in [0.25, 0.3) is 19.7 Å². The van der Waals surface area contributed by atoms with Crippen LogP contribution in [0.3, 0.4) is 0 Å². The molecular formula is C48H58Cl7F7N8O12S6. The molecule has 4 aromatic carbocycles. The fraction of sp³-hybridized carbons (Fsp3) is 0.458. The van der Waals surface area contributed by atoms with Gasteiger partial charge < -0.3 is 30.3 Å². The van der Waals surface area contributed by atoms with E-state index in [-0.39, 0.29) is 37.2 Å². The van der Waals surface area contributed by atoms with Crippen LogP contribution in [0.1, 0.15) is 12.8 Å². The van der Waals surface area contributed by atoms with Crippen molar-refractivity contribution in [3.63, 3.8) is 0 Å². The Morgan fingerprint density at radius 1 is 0.557 bits per heavy atom. The topological polar surface area (TPSA) is 292 Å². The van der Waals surface area contributed by atoms with Crippen molar-refractivity contribution in [2.75, 3.05) is 95.5 Å². The standard InChI is InChI=1S/C24H28Cl3F3N4O6S3.C17H24Cl3N3O2S.C7H5F4NO4S2.ClH/c25-23(26,27)16-40-22(35)34-12-10-33(11-13-34)9-8-17(15-41-18-4-2-1-3-5-18)32-20-7-6-19(43(31,38)39)14-21(20)42(36,37)24(28,29)30;18-17(19,20)13-25-16(24)23-10-8-22(9-11-23)7-6-14(21)12-26-15-4-2-1-3-5-15;8-5-2-1-4(18(12,15)16)3-6(5)17(13,14)7(9,10)11;/h1-7,14,17,32H,8-13,15-16H2,(H2,31,38,39);1-5,14H,6-13,21H2;1-3H,(H2,12,15,16);1H/t17-;14-;;/m11../s1. The number of piperazine rings is 2. The van der Waals surface area contributed by atoms with Gasteiger partial charge in [-0.3, -0.25) is 9.80 Å². The van der Waals surface area contributed by atoms with E-state index < -0.39 is 114 Å². The molecule has 2 saturated heterocycles. The van der Waals surface area contributed by atoms with Crippen molar-refractivity contribution in [3.8, 4) is 0 Å². The van der Waals surface area contributed by atoms with Gasteiger partial charge in [-0.25, -0.2) is 57.9 Å². The number of primary sulfonamides is 2. The monoisotopic (exact) mass is 1510 g/mol. The summed E-state index contributed by atoms with van der Waals surface area (Å²) in [5.41, 5.74) is -5.62. The first-order valence-corrected chi connectivity index (χ1v) is 35.3. The van der Waals surface area contributed by atoms with Crippen LogP contribution in [0.15, 0.2) is 126 Å². The van der Waals surface area contributed by atoms with Gasteiger partial charge in [-0.05, 0) is 80.1 Å². The van der Waals surface area contributed by atoms with E-state index in [0.717, 1.165) is 48.8 Å². The lowest BCUT2D eigenvalue weighted by molar-refractivity contribution is -0.0442. The molecule has 0 aromatic heterocycles. The molecule has 496 valence electrons. The maximum Gasteiger partial charge on any atom is 0.502 e. The van der Waals surface area contributed by atoms with E-state index in [1.54, 1.807) is 16.7 Å². The summed E-state index contributed by atoms with van der Waals surface area (Å²) in [6, 6.07) is 22.2. The van der Waals surface area contributed by atoms with E-state index in [4.69, 9.17) is 90.0 Å². The summed E-state index contributed by atoms with van der Waals surface area (Å²) < 4.78 is 189. The number of thioether (sulfide) groups is 2. The second-order valence-corrected chi connectivity index (χ2v) is 32.8. The first-order chi connectivity index (χ1) is 40.1. The second kappa shape index (κ2) is 34.3. The van der Waals surface area contributed by atoms with Crippen molar-refractivity contribution < 1.29 is 83.5 Å². The molecule has 2 amide bonds. The quantitative estimate of drug-likeness (QED) is 0.0364. The van der Waals surface area contributed by atoms with Crippen LogP contribution in [0.4, 0.5) is 46.0 Å². The highest BCUT2D eigenvalue weighted by Crippen LogP contribution is 2.37. The number of nitrogens with zero attached hydrogens (tertiary/aromatic N) is 4. The van der Waals surface area contributed by atoms with Gasteiger partial charge in [0.2, 0.25) is 27.6 Å². The third-order valence-corrected chi connectivity index (χ3v) is 19.9. The van der Waals surface area contributed by atoms with E-state index in [0.29, 0.717) is 70.1 Å². The fourth-order valence-electron chi connectivity index (χ4n) is 7.54. The van der Waals surface area contributed by atoms with Crippen LogP contribution in [0, 0.1) is 5.82 Å². The number of sulfone groups is 2. The number of carbonyl (C=O) groups excluding carboxylic acids is 2. The second-order valence-electron chi connectivity index (χ2n) is 18.7. The summed E-state index contributed by atoms with van der Waals surface area (Å²) in [4.78, 5) is 29.0. The average Bonchev–Trinajstić information content (AvgIpc) is 1.50. The summed E-state index contributed by atoms with van der Waals surface area (Å²) in [6.45, 7) is 5.06. The molecule has 0 saturated carbocycles. The summed E-state index contributed by atoms with van der Waals surface area (Å²) in [5.74, 6) is -0.497. The average molecular weight is 1510 g/mol. The van der Waals surface area contributed by atoms with Gasteiger partial charge in [-0.1, -0.05) is 106 Å². The van der Waals surface area contributed by atoms with Crippen LogP contribution in [0.5, 0.6) is 0 Å². The molecule has 2 fully saturated rings. The largest absolute Gasteiger partial charge is 0.502 e. The minimum absolute atomic E-state index is 0. The number of alkyl halides is 12. The molecule has 4 aromatic rings. The molecule has 40 heteroatoms. The van der Waals surface area contributed by atoms with Gasteiger partial charge in [-0.15, -0.1) is 35.9 Å². The molecule has 88 heavy (non-hydrogen) atoms. The first kappa shape index (κ1) is 79.3. The molecule has 2 atom stereocenters. The highest BCUT2D eigenvalue weighted by atomic mass is 35.6. The van der Waals surface area contributed by atoms with Gasteiger partial charge in [0.05, 0.1) is 15.5 Å². The third kappa shape index (κ3) is 26.6. The minimum Gasteiger partial charge on any atom is -0.445 e. The number of ether oxygens (including phenoxy) is 2. The number of benzene rings is 4. The zero-order chi connectivity index (χ0) is 65.4. The first-order valence-electron chi connectivity index (χ1n) is 25.0. The molecular weight excluding hydrogens is 1450 g/mol. The number of hydrogen-bond donors (Lipinski definition) is 4. The molecule has 20 nitrogen and oxygen atoms in total. The van der Waals surface area contributed by atoms with Crippen LogP contribution < -0.4 is 21.3 Å². The SMILES string of the molecule is Cl.NS(=O)(=O)c1ccc(F)c(S(=O)(=O)C(F)(F)F)c1.NS(=O)(=O)c1ccc(N[C@H](CCN2CCN(C(=O)OCC(Cl)(Cl)Cl)CC2)CSc2ccccc2)c(S(=O)(=O)C(F)(F)F)c1.N[C@H](CCN1CCN(C(=O)OCC(Cl)(Cl)Cl)CC1)CSc1ccccc1. The summed E-state index contributed by atoms with van der Waals surface area (Å²) in [6.07, 6.45) is 0.218. The number of halogens is 14. The van der Waals surface area contributed by atoms with Crippen molar-refractivity contribution in [2.45, 2.75) is 72.9 Å². The van der Waals surface area contributed by atoms with Crippen molar-refractivity contribution in [1.82, 2.24) is 19.6 Å². The van der Waals surface area contributed by atoms with Crippen LogP contribution in [-0.4, -0.2) is 186 Å². The Balaban J connectivity index is 0.000000381. The molecule has 6 rings (SSSR count). The Hall–Kier alpha value is -2.94. The predicted molar refractivity (Wildman–Crippen MR) is 328 cm³/mol. The Bertz CT molecular complexity index is 3380. The Kier molecular flexibility index (Phi) is 30.9. The van der Waals surface area contributed by atoms with E-state index >= 15 is 0 Å².